The van der Waals surface area contributed by atoms with Crippen molar-refractivity contribution >= 4 is 11.6 Å². The normalized spacial score (nSPS) is 12.5. The number of primary amides is 1. The van der Waals surface area contributed by atoms with Crippen LogP contribution in [0.25, 0.3) is 0 Å². The van der Waals surface area contributed by atoms with Gasteiger partial charge in [-0.2, -0.15) is 0 Å². The van der Waals surface area contributed by atoms with Crippen LogP contribution in [0.2, 0.25) is 0 Å². The van der Waals surface area contributed by atoms with Crippen LogP contribution in [-0.2, 0) is 4.79 Å². The van der Waals surface area contributed by atoms with E-state index in [1.165, 1.54) is 0 Å². The van der Waals surface area contributed by atoms with Crippen LogP contribution >= 0.6 is 0 Å². The maximum absolute atomic E-state index is 11.2. The molecule has 3 N–H and O–H groups in total. The Hall–Kier alpha value is -1.55. The predicted octanol–water partition coefficient (Wildman–Crippen LogP) is 1.83. The van der Waals surface area contributed by atoms with Gasteiger partial charge in [-0.25, -0.2) is 0 Å². The van der Waals surface area contributed by atoms with E-state index in [2.05, 4.69) is 0 Å². The van der Waals surface area contributed by atoms with Crippen LogP contribution in [0.15, 0.2) is 24.3 Å². The summed E-state index contributed by atoms with van der Waals surface area (Å²) in [6, 6.07) is 7.73. The molecule has 0 radical (unpaired) electrons. The first-order chi connectivity index (χ1) is 8.47. The third-order valence-electron chi connectivity index (χ3n) is 2.94. The molecule has 0 bridgehead atoms. The smallest absolute Gasteiger partial charge is 0.236 e. The number of nitrogens with zero attached hydrogens (tertiary/aromatic N) is 1. The second-order valence-corrected chi connectivity index (χ2v) is 4.67. The lowest BCUT2D eigenvalue weighted by atomic mass is 10.0. The molecule has 4 heteroatoms. The molecular formula is C14H22N2O2. The summed E-state index contributed by atoms with van der Waals surface area (Å²) in [5.41, 5.74) is 7.00. The van der Waals surface area contributed by atoms with Gasteiger partial charge in [0.05, 0.1) is 12.6 Å². The Morgan fingerprint density at radius 1 is 1.39 bits per heavy atom. The molecule has 1 aromatic rings. The molecule has 0 saturated carbocycles. The van der Waals surface area contributed by atoms with Crippen LogP contribution in [0.1, 0.15) is 38.9 Å². The van der Waals surface area contributed by atoms with E-state index in [-0.39, 0.29) is 18.5 Å². The van der Waals surface area contributed by atoms with Crippen molar-refractivity contribution in [2.24, 2.45) is 5.73 Å². The third kappa shape index (κ3) is 3.47. The van der Waals surface area contributed by atoms with E-state index in [9.17, 15) is 9.90 Å². The van der Waals surface area contributed by atoms with Crippen molar-refractivity contribution in [2.45, 2.75) is 39.3 Å². The Kier molecular flexibility index (Phi) is 5.16. The zero-order chi connectivity index (χ0) is 13.7. The lowest BCUT2D eigenvalue weighted by molar-refractivity contribution is -0.116. The molecule has 18 heavy (non-hydrogen) atoms. The quantitative estimate of drug-likeness (QED) is 0.809. The van der Waals surface area contributed by atoms with Gasteiger partial charge < -0.3 is 15.7 Å². The van der Waals surface area contributed by atoms with E-state index in [1.54, 1.807) is 0 Å². The molecule has 4 nitrogen and oxygen atoms in total. The van der Waals surface area contributed by atoms with Crippen LogP contribution in [-0.4, -0.2) is 23.6 Å². The molecule has 0 aromatic heterocycles. The largest absolute Gasteiger partial charge is 0.388 e. The number of rotatable bonds is 6. The van der Waals surface area contributed by atoms with Crippen molar-refractivity contribution in [3.8, 4) is 0 Å². The predicted molar refractivity (Wildman–Crippen MR) is 73.4 cm³/mol. The molecule has 0 aliphatic carbocycles. The van der Waals surface area contributed by atoms with Gasteiger partial charge in [-0.3, -0.25) is 4.79 Å². The first-order valence-corrected chi connectivity index (χ1v) is 6.29. The number of anilines is 1. The topological polar surface area (TPSA) is 66.6 Å². The van der Waals surface area contributed by atoms with E-state index in [4.69, 9.17) is 5.73 Å². The van der Waals surface area contributed by atoms with Gasteiger partial charge in [-0.15, -0.1) is 0 Å². The fourth-order valence-electron chi connectivity index (χ4n) is 1.96. The lowest BCUT2D eigenvalue weighted by Crippen LogP contribution is -2.39. The first kappa shape index (κ1) is 14.5. The van der Waals surface area contributed by atoms with E-state index >= 15 is 0 Å². The molecule has 0 aliphatic rings. The fourth-order valence-corrected chi connectivity index (χ4v) is 1.96. The summed E-state index contributed by atoms with van der Waals surface area (Å²) < 4.78 is 0. The molecule has 0 fully saturated rings. The summed E-state index contributed by atoms with van der Waals surface area (Å²) in [4.78, 5) is 13.1. The number of aliphatic hydroxyl groups excluding tert-OH is 1. The first-order valence-electron chi connectivity index (χ1n) is 6.29. The molecule has 1 rings (SSSR count). The van der Waals surface area contributed by atoms with E-state index in [0.29, 0.717) is 6.42 Å². The van der Waals surface area contributed by atoms with Crippen LogP contribution in [0.5, 0.6) is 0 Å². The van der Waals surface area contributed by atoms with Gasteiger partial charge in [0.1, 0.15) is 0 Å². The Morgan fingerprint density at radius 3 is 2.50 bits per heavy atom. The van der Waals surface area contributed by atoms with Gasteiger partial charge in [-0.1, -0.05) is 25.1 Å². The molecule has 1 amide bonds. The molecular weight excluding hydrogens is 228 g/mol. The summed E-state index contributed by atoms with van der Waals surface area (Å²) >= 11 is 0. The van der Waals surface area contributed by atoms with E-state index in [1.807, 2.05) is 49.9 Å². The minimum absolute atomic E-state index is 0.141. The zero-order valence-electron chi connectivity index (χ0n) is 11.3. The van der Waals surface area contributed by atoms with E-state index < -0.39 is 6.10 Å². The van der Waals surface area contributed by atoms with Crippen LogP contribution in [0.3, 0.4) is 0 Å². The number of hydrogen-bond donors (Lipinski definition) is 2. The molecule has 1 aromatic carbocycles. The minimum atomic E-state index is -0.518. The van der Waals surface area contributed by atoms with Gasteiger partial charge in [0.25, 0.3) is 0 Å². The Balaban J connectivity index is 3.15. The Morgan fingerprint density at radius 2 is 2.00 bits per heavy atom. The van der Waals surface area contributed by atoms with Gasteiger partial charge in [-0.05, 0) is 26.3 Å². The van der Waals surface area contributed by atoms with Gasteiger partial charge >= 0.3 is 0 Å². The number of aliphatic hydroxyl groups is 1. The number of amides is 1. The van der Waals surface area contributed by atoms with Crippen LogP contribution in [0, 0.1) is 0 Å². The highest BCUT2D eigenvalue weighted by atomic mass is 16.3. The van der Waals surface area contributed by atoms with Crippen molar-refractivity contribution in [1.82, 2.24) is 0 Å². The summed E-state index contributed by atoms with van der Waals surface area (Å²) in [7, 11) is 0. The average Bonchev–Trinajstić information content (AvgIpc) is 2.34. The van der Waals surface area contributed by atoms with Crippen molar-refractivity contribution in [3.05, 3.63) is 29.8 Å². The fraction of sp³-hybridized carbons (Fsp3) is 0.500. The summed E-state index contributed by atoms with van der Waals surface area (Å²) in [6.45, 7) is 6.08. The van der Waals surface area contributed by atoms with Crippen molar-refractivity contribution in [3.63, 3.8) is 0 Å². The van der Waals surface area contributed by atoms with Crippen molar-refractivity contribution < 1.29 is 9.90 Å². The monoisotopic (exact) mass is 250 g/mol. The molecule has 0 spiro atoms. The minimum Gasteiger partial charge on any atom is -0.388 e. The summed E-state index contributed by atoms with van der Waals surface area (Å²) in [5, 5.41) is 10.0. The Labute approximate surface area is 108 Å². The zero-order valence-corrected chi connectivity index (χ0v) is 11.3. The molecule has 100 valence electrons. The lowest BCUT2D eigenvalue weighted by Gasteiger charge is -2.30. The molecule has 0 aliphatic heterocycles. The maximum atomic E-state index is 11.2. The summed E-state index contributed by atoms with van der Waals surface area (Å²) in [5.74, 6) is -0.371. The number of carbonyl (C=O) groups is 1. The number of carbonyl (C=O) groups excluding carboxylic acids is 1. The van der Waals surface area contributed by atoms with Crippen molar-refractivity contribution in [2.75, 3.05) is 11.4 Å². The highest BCUT2D eigenvalue weighted by molar-refractivity contribution is 5.80. The molecule has 0 saturated heterocycles. The van der Waals surface area contributed by atoms with Gasteiger partial charge in [0.15, 0.2) is 0 Å². The van der Waals surface area contributed by atoms with Crippen molar-refractivity contribution in [1.29, 1.82) is 0 Å². The number of benzene rings is 1. The second kappa shape index (κ2) is 6.40. The highest BCUT2D eigenvalue weighted by Crippen LogP contribution is 2.29. The maximum Gasteiger partial charge on any atom is 0.236 e. The molecule has 1 unspecified atom stereocenters. The average molecular weight is 250 g/mol. The van der Waals surface area contributed by atoms with E-state index in [0.717, 1.165) is 11.3 Å². The van der Waals surface area contributed by atoms with Gasteiger partial charge in [0, 0.05) is 17.3 Å². The highest BCUT2D eigenvalue weighted by Gasteiger charge is 2.19. The summed E-state index contributed by atoms with van der Waals surface area (Å²) in [6.07, 6.45) is 0.120. The number of para-hydroxylation sites is 1. The molecule has 1 atom stereocenters. The Bertz CT molecular complexity index is 405. The molecule has 0 heterocycles. The van der Waals surface area contributed by atoms with Crippen LogP contribution < -0.4 is 10.6 Å². The standard InChI is InChI=1S/C14H22N2O2/c1-4-13(17)11-7-5-6-8-12(11)16(10(2)3)9-14(15)18/h5-8,10,13,17H,4,9H2,1-3H3,(H2,15,18). The third-order valence-corrected chi connectivity index (χ3v) is 2.94. The van der Waals surface area contributed by atoms with Gasteiger partial charge in [0.2, 0.25) is 5.91 Å². The SMILES string of the molecule is CCC(O)c1ccccc1N(CC(N)=O)C(C)C. The van der Waals surface area contributed by atoms with Crippen LogP contribution in [0.4, 0.5) is 5.69 Å². The second-order valence-electron chi connectivity index (χ2n) is 4.67. The number of hydrogen-bond acceptors (Lipinski definition) is 3. The number of nitrogens with two attached hydrogens (primary N) is 1.